The molecule has 4 nitrogen and oxygen atoms in total. The number of quaternary nitrogens is 1. The number of nitrogens with zero attached hydrogens (tertiary/aromatic N) is 1. The van der Waals surface area contributed by atoms with Gasteiger partial charge in [-0.3, -0.25) is 0 Å². The van der Waals surface area contributed by atoms with E-state index in [1.807, 2.05) is 12.1 Å². The van der Waals surface area contributed by atoms with Crippen LogP contribution in [0.2, 0.25) is 0 Å². The number of hydrogen-bond acceptors (Lipinski definition) is 3. The first-order valence-corrected chi connectivity index (χ1v) is 6.89. The molecule has 0 saturated carbocycles. The summed E-state index contributed by atoms with van der Waals surface area (Å²) in [4.78, 5) is 0. The SMILES string of the molecule is C[N+]1(C[C@H]2CO[C@@H](c3ccco3)O2)CCCCC1. The zero-order chi connectivity index (χ0) is 12.4. The van der Waals surface area contributed by atoms with Crippen molar-refractivity contribution in [1.82, 2.24) is 0 Å². The molecule has 2 saturated heterocycles. The Balaban J connectivity index is 1.56. The molecule has 1 aromatic rings. The van der Waals surface area contributed by atoms with Crippen LogP contribution in [0.3, 0.4) is 0 Å². The van der Waals surface area contributed by atoms with Crippen molar-refractivity contribution < 1.29 is 18.4 Å². The fourth-order valence-corrected chi connectivity index (χ4v) is 3.07. The van der Waals surface area contributed by atoms with Gasteiger partial charge in [0.2, 0.25) is 6.29 Å². The van der Waals surface area contributed by atoms with Gasteiger partial charge in [-0.2, -0.15) is 0 Å². The maximum absolute atomic E-state index is 5.94. The number of piperidine rings is 1. The minimum atomic E-state index is -0.304. The highest BCUT2D eigenvalue weighted by molar-refractivity contribution is 5.00. The lowest BCUT2D eigenvalue weighted by Crippen LogP contribution is -2.52. The van der Waals surface area contributed by atoms with Crippen LogP contribution in [0.1, 0.15) is 31.3 Å². The Morgan fingerprint density at radius 3 is 2.83 bits per heavy atom. The van der Waals surface area contributed by atoms with Crippen LogP contribution >= 0.6 is 0 Å². The molecule has 0 amide bonds. The van der Waals surface area contributed by atoms with Crippen molar-refractivity contribution in [1.29, 1.82) is 0 Å². The molecule has 2 fully saturated rings. The molecule has 1 aromatic heterocycles. The average Bonchev–Trinajstić information content (AvgIpc) is 2.99. The normalized spacial score (nSPS) is 31.6. The number of ether oxygens (including phenoxy) is 2. The van der Waals surface area contributed by atoms with E-state index in [1.54, 1.807) is 6.26 Å². The van der Waals surface area contributed by atoms with Gasteiger partial charge < -0.3 is 18.4 Å². The molecule has 4 heteroatoms. The molecule has 0 N–H and O–H groups in total. The van der Waals surface area contributed by atoms with Crippen molar-refractivity contribution in [2.75, 3.05) is 33.3 Å². The first-order valence-electron chi connectivity index (χ1n) is 6.89. The van der Waals surface area contributed by atoms with Crippen molar-refractivity contribution in [3.05, 3.63) is 24.2 Å². The summed E-state index contributed by atoms with van der Waals surface area (Å²) in [7, 11) is 2.34. The standard InChI is InChI=1S/C14H22NO3/c1-15(7-3-2-4-8-15)10-12-11-17-14(18-12)13-6-5-9-16-13/h5-6,9,12,14H,2-4,7-8,10-11H2,1H3/q+1/t12-,14+/m0/s1. The van der Waals surface area contributed by atoms with Gasteiger partial charge >= 0.3 is 0 Å². The number of furan rings is 1. The van der Waals surface area contributed by atoms with E-state index in [0.717, 1.165) is 16.8 Å². The molecule has 0 bridgehead atoms. The third-order valence-electron chi connectivity index (χ3n) is 4.07. The van der Waals surface area contributed by atoms with E-state index >= 15 is 0 Å². The summed E-state index contributed by atoms with van der Waals surface area (Å²) in [6.45, 7) is 4.27. The third kappa shape index (κ3) is 2.60. The topological polar surface area (TPSA) is 31.6 Å². The van der Waals surface area contributed by atoms with Crippen LogP contribution in [0.4, 0.5) is 0 Å². The minimum Gasteiger partial charge on any atom is -0.464 e. The molecule has 100 valence electrons. The van der Waals surface area contributed by atoms with Gasteiger partial charge in [-0.15, -0.1) is 0 Å². The Labute approximate surface area is 108 Å². The fraction of sp³-hybridized carbons (Fsp3) is 0.714. The molecule has 0 aliphatic carbocycles. The van der Waals surface area contributed by atoms with Crippen LogP contribution in [0.15, 0.2) is 22.8 Å². The van der Waals surface area contributed by atoms with Crippen LogP contribution in [0, 0.1) is 0 Å². The predicted molar refractivity (Wildman–Crippen MR) is 66.9 cm³/mol. The van der Waals surface area contributed by atoms with Gasteiger partial charge in [0.25, 0.3) is 0 Å². The Morgan fingerprint density at radius 1 is 1.28 bits per heavy atom. The highest BCUT2D eigenvalue weighted by atomic mass is 16.7. The van der Waals surface area contributed by atoms with Gasteiger partial charge in [0.05, 0.1) is 33.0 Å². The van der Waals surface area contributed by atoms with Crippen molar-refractivity contribution in [2.24, 2.45) is 0 Å². The van der Waals surface area contributed by atoms with Gasteiger partial charge in [-0.25, -0.2) is 0 Å². The summed E-state index contributed by atoms with van der Waals surface area (Å²) in [5, 5.41) is 0. The Kier molecular flexibility index (Phi) is 3.41. The first kappa shape index (κ1) is 12.2. The lowest BCUT2D eigenvalue weighted by molar-refractivity contribution is -0.916. The van der Waals surface area contributed by atoms with Crippen LogP contribution in [0.5, 0.6) is 0 Å². The Bertz CT molecular complexity index is 370. The monoisotopic (exact) mass is 252 g/mol. The van der Waals surface area contributed by atoms with E-state index in [1.165, 1.54) is 32.4 Å². The second-order valence-electron chi connectivity index (χ2n) is 5.75. The summed E-state index contributed by atoms with van der Waals surface area (Å²) in [6.07, 6.45) is 5.61. The van der Waals surface area contributed by atoms with Crippen molar-refractivity contribution in [3.8, 4) is 0 Å². The zero-order valence-corrected chi connectivity index (χ0v) is 11.0. The smallest absolute Gasteiger partial charge is 0.217 e. The molecule has 2 aliphatic heterocycles. The van der Waals surface area contributed by atoms with Gasteiger partial charge in [0.15, 0.2) is 5.76 Å². The van der Waals surface area contributed by atoms with E-state index in [0.29, 0.717) is 6.61 Å². The van der Waals surface area contributed by atoms with Crippen LogP contribution in [0.25, 0.3) is 0 Å². The maximum Gasteiger partial charge on any atom is 0.217 e. The average molecular weight is 252 g/mol. The first-order chi connectivity index (χ1) is 8.75. The van der Waals surface area contributed by atoms with E-state index in [2.05, 4.69) is 7.05 Å². The number of likely N-dealkylation sites (N-methyl/N-ethyl adjacent to an activating group) is 1. The summed E-state index contributed by atoms with van der Waals surface area (Å²) in [5.41, 5.74) is 0. The van der Waals surface area contributed by atoms with Crippen LogP contribution in [-0.4, -0.2) is 43.9 Å². The number of rotatable bonds is 3. The second-order valence-corrected chi connectivity index (χ2v) is 5.75. The molecule has 2 atom stereocenters. The van der Waals surface area contributed by atoms with Gasteiger partial charge in [0.1, 0.15) is 12.6 Å². The lowest BCUT2D eigenvalue weighted by atomic mass is 10.1. The van der Waals surface area contributed by atoms with E-state index in [-0.39, 0.29) is 12.4 Å². The zero-order valence-electron chi connectivity index (χ0n) is 11.0. The maximum atomic E-state index is 5.94. The number of hydrogen-bond donors (Lipinski definition) is 0. The largest absolute Gasteiger partial charge is 0.464 e. The highest BCUT2D eigenvalue weighted by Gasteiger charge is 2.36. The molecule has 0 radical (unpaired) electrons. The van der Waals surface area contributed by atoms with Gasteiger partial charge in [0, 0.05) is 0 Å². The third-order valence-corrected chi connectivity index (χ3v) is 4.07. The summed E-state index contributed by atoms with van der Waals surface area (Å²) >= 11 is 0. The molecule has 2 aliphatic rings. The van der Waals surface area contributed by atoms with Crippen molar-refractivity contribution >= 4 is 0 Å². The van der Waals surface area contributed by atoms with Gasteiger partial charge in [-0.1, -0.05) is 0 Å². The van der Waals surface area contributed by atoms with E-state index in [4.69, 9.17) is 13.9 Å². The predicted octanol–water partition coefficient (Wildman–Crippen LogP) is 2.32. The lowest BCUT2D eigenvalue weighted by Gasteiger charge is -2.39. The highest BCUT2D eigenvalue weighted by Crippen LogP contribution is 2.29. The van der Waals surface area contributed by atoms with Crippen molar-refractivity contribution in [3.63, 3.8) is 0 Å². The van der Waals surface area contributed by atoms with Gasteiger partial charge in [-0.05, 0) is 31.4 Å². The van der Waals surface area contributed by atoms with E-state index in [9.17, 15) is 0 Å². The summed E-state index contributed by atoms with van der Waals surface area (Å²) < 4.78 is 18.1. The molecular weight excluding hydrogens is 230 g/mol. The quantitative estimate of drug-likeness (QED) is 0.774. The van der Waals surface area contributed by atoms with Crippen molar-refractivity contribution in [2.45, 2.75) is 31.7 Å². The molecular formula is C14H22NO3+. The summed E-state index contributed by atoms with van der Waals surface area (Å²) in [5.74, 6) is 0.777. The fourth-order valence-electron chi connectivity index (χ4n) is 3.07. The minimum absolute atomic E-state index is 0.197. The molecule has 0 unspecified atom stereocenters. The molecule has 18 heavy (non-hydrogen) atoms. The Morgan fingerprint density at radius 2 is 2.11 bits per heavy atom. The van der Waals surface area contributed by atoms with Crippen LogP contribution in [-0.2, 0) is 9.47 Å². The number of likely N-dealkylation sites (tertiary alicyclic amines) is 1. The van der Waals surface area contributed by atoms with Crippen LogP contribution < -0.4 is 0 Å². The molecule has 3 heterocycles. The van der Waals surface area contributed by atoms with E-state index < -0.39 is 0 Å². The second kappa shape index (κ2) is 5.03. The molecule has 3 rings (SSSR count). The molecule has 0 aromatic carbocycles. The Hall–Kier alpha value is -0.840. The molecule has 0 spiro atoms. The summed E-state index contributed by atoms with van der Waals surface area (Å²) in [6, 6.07) is 3.78.